The molecule has 1 heterocycles. The van der Waals surface area contributed by atoms with Crippen molar-refractivity contribution in [1.82, 2.24) is 4.90 Å². The van der Waals surface area contributed by atoms with Crippen LogP contribution in [-0.4, -0.2) is 56.9 Å². The first kappa shape index (κ1) is 12.4. The fourth-order valence-electron chi connectivity index (χ4n) is 1.80. The van der Waals surface area contributed by atoms with Gasteiger partial charge in [0.15, 0.2) is 0 Å². The maximum absolute atomic E-state index is 11.8. The number of amides is 1. The quantitative estimate of drug-likeness (QED) is 0.694. The molecule has 0 radical (unpaired) electrons. The molecule has 1 saturated heterocycles. The van der Waals surface area contributed by atoms with Crippen molar-refractivity contribution in [3.8, 4) is 0 Å². The molecule has 1 unspecified atom stereocenters. The summed E-state index contributed by atoms with van der Waals surface area (Å²) in [5, 5.41) is 0. The van der Waals surface area contributed by atoms with Crippen molar-refractivity contribution in [2.75, 3.05) is 33.9 Å². The lowest BCUT2D eigenvalue weighted by molar-refractivity contribution is -0.136. The van der Waals surface area contributed by atoms with Crippen LogP contribution in [0.25, 0.3) is 0 Å². The highest BCUT2D eigenvalue weighted by Gasteiger charge is 2.25. The number of carbonyl (C=O) groups excluding carboxylic acids is 1. The molecule has 0 bridgehead atoms. The molecule has 2 N–H and O–H groups in total. The molecule has 88 valence electrons. The molecule has 0 aliphatic carbocycles. The minimum Gasteiger partial charge on any atom is -0.383 e. The van der Waals surface area contributed by atoms with Gasteiger partial charge in [0.05, 0.1) is 12.7 Å². The summed E-state index contributed by atoms with van der Waals surface area (Å²) in [5.41, 5.74) is 5.68. The van der Waals surface area contributed by atoms with E-state index in [0.29, 0.717) is 0 Å². The number of methoxy groups -OCH3 is 2. The van der Waals surface area contributed by atoms with Gasteiger partial charge in [-0.15, -0.1) is 0 Å². The van der Waals surface area contributed by atoms with E-state index in [-0.39, 0.29) is 18.6 Å². The summed E-state index contributed by atoms with van der Waals surface area (Å²) in [6.45, 7) is 1.74. The lowest BCUT2D eigenvalue weighted by Gasteiger charge is -2.32. The second kappa shape index (κ2) is 6.05. The summed E-state index contributed by atoms with van der Waals surface area (Å²) in [4.78, 5) is 13.6. The third-order valence-corrected chi connectivity index (χ3v) is 2.75. The molecule has 5 nitrogen and oxygen atoms in total. The Bertz CT molecular complexity index is 203. The normalized spacial score (nSPS) is 20.3. The van der Waals surface area contributed by atoms with E-state index in [1.165, 1.54) is 0 Å². The highest BCUT2D eigenvalue weighted by atomic mass is 16.5. The van der Waals surface area contributed by atoms with Crippen LogP contribution >= 0.6 is 0 Å². The zero-order chi connectivity index (χ0) is 11.3. The van der Waals surface area contributed by atoms with Gasteiger partial charge in [0, 0.05) is 27.3 Å². The zero-order valence-electron chi connectivity index (χ0n) is 9.44. The van der Waals surface area contributed by atoms with E-state index < -0.39 is 6.04 Å². The van der Waals surface area contributed by atoms with Crippen molar-refractivity contribution in [2.24, 2.45) is 5.73 Å². The van der Waals surface area contributed by atoms with E-state index in [0.717, 1.165) is 25.9 Å². The Morgan fingerprint density at radius 2 is 2.07 bits per heavy atom. The van der Waals surface area contributed by atoms with Gasteiger partial charge in [-0.1, -0.05) is 0 Å². The first-order valence-corrected chi connectivity index (χ1v) is 5.25. The number of nitrogens with zero attached hydrogens (tertiary/aromatic N) is 1. The van der Waals surface area contributed by atoms with Gasteiger partial charge in [0.25, 0.3) is 0 Å². The van der Waals surface area contributed by atoms with Crippen molar-refractivity contribution < 1.29 is 14.3 Å². The van der Waals surface area contributed by atoms with E-state index in [1.807, 2.05) is 0 Å². The van der Waals surface area contributed by atoms with Crippen LogP contribution in [-0.2, 0) is 14.3 Å². The van der Waals surface area contributed by atoms with E-state index in [9.17, 15) is 4.79 Å². The predicted molar refractivity (Wildman–Crippen MR) is 56.5 cm³/mol. The molecule has 1 rings (SSSR count). The summed E-state index contributed by atoms with van der Waals surface area (Å²) in [5.74, 6) is -0.0218. The highest BCUT2D eigenvalue weighted by Crippen LogP contribution is 2.13. The molecular weight excluding hydrogens is 196 g/mol. The van der Waals surface area contributed by atoms with Crippen LogP contribution in [0.5, 0.6) is 0 Å². The van der Waals surface area contributed by atoms with Crippen LogP contribution in [0, 0.1) is 0 Å². The van der Waals surface area contributed by atoms with E-state index >= 15 is 0 Å². The molecule has 5 heteroatoms. The summed E-state index contributed by atoms with van der Waals surface area (Å²) >= 11 is 0. The van der Waals surface area contributed by atoms with Gasteiger partial charge in [0.2, 0.25) is 5.91 Å². The van der Waals surface area contributed by atoms with Gasteiger partial charge in [0.1, 0.15) is 6.04 Å². The molecule has 0 aromatic rings. The Hall–Kier alpha value is -0.650. The first-order chi connectivity index (χ1) is 7.19. The first-order valence-electron chi connectivity index (χ1n) is 5.25. The van der Waals surface area contributed by atoms with Crippen LogP contribution < -0.4 is 5.73 Å². The number of nitrogens with two attached hydrogens (primary N) is 1. The standard InChI is InChI=1S/C10H20N2O3/c1-14-7-9(11)10(13)12-5-3-8(15-2)4-6-12/h8-9H,3-7,11H2,1-2H3. The average Bonchev–Trinajstić information content (AvgIpc) is 2.28. The van der Waals surface area contributed by atoms with Crippen LogP contribution in [0.15, 0.2) is 0 Å². The summed E-state index contributed by atoms with van der Waals surface area (Å²) in [7, 11) is 3.25. The Labute approximate surface area is 90.5 Å². The number of likely N-dealkylation sites (tertiary alicyclic amines) is 1. The number of hydrogen-bond donors (Lipinski definition) is 1. The number of rotatable bonds is 4. The van der Waals surface area contributed by atoms with Gasteiger partial charge in [-0.2, -0.15) is 0 Å². The molecule has 0 aromatic carbocycles. The molecule has 1 atom stereocenters. The van der Waals surface area contributed by atoms with Gasteiger partial charge in [-0.25, -0.2) is 0 Å². The predicted octanol–water partition coefficient (Wildman–Crippen LogP) is -0.402. The molecular formula is C10H20N2O3. The van der Waals surface area contributed by atoms with Crippen LogP contribution in [0.3, 0.4) is 0 Å². The van der Waals surface area contributed by atoms with E-state index in [1.54, 1.807) is 19.1 Å². The number of carbonyl (C=O) groups is 1. The topological polar surface area (TPSA) is 64.8 Å². The van der Waals surface area contributed by atoms with Crippen molar-refractivity contribution >= 4 is 5.91 Å². The van der Waals surface area contributed by atoms with Crippen LogP contribution in [0.2, 0.25) is 0 Å². The molecule has 0 saturated carbocycles. The average molecular weight is 216 g/mol. The number of piperidine rings is 1. The maximum atomic E-state index is 11.8. The van der Waals surface area contributed by atoms with Gasteiger partial charge in [-0.05, 0) is 12.8 Å². The Morgan fingerprint density at radius 1 is 1.47 bits per heavy atom. The van der Waals surface area contributed by atoms with Gasteiger partial charge >= 0.3 is 0 Å². The molecule has 1 amide bonds. The van der Waals surface area contributed by atoms with Crippen molar-refractivity contribution in [3.63, 3.8) is 0 Å². The largest absolute Gasteiger partial charge is 0.383 e. The van der Waals surface area contributed by atoms with Gasteiger partial charge < -0.3 is 20.1 Å². The molecule has 15 heavy (non-hydrogen) atoms. The van der Waals surface area contributed by atoms with Crippen molar-refractivity contribution in [3.05, 3.63) is 0 Å². The van der Waals surface area contributed by atoms with Crippen molar-refractivity contribution in [2.45, 2.75) is 25.0 Å². The monoisotopic (exact) mass is 216 g/mol. The Kier molecular flexibility index (Phi) is 5.01. The molecule has 0 aromatic heterocycles. The Morgan fingerprint density at radius 3 is 2.53 bits per heavy atom. The molecule has 1 aliphatic rings. The molecule has 1 fully saturated rings. The zero-order valence-corrected chi connectivity index (χ0v) is 9.44. The molecule has 0 spiro atoms. The minimum absolute atomic E-state index is 0.0218. The molecule has 1 aliphatic heterocycles. The van der Waals surface area contributed by atoms with Gasteiger partial charge in [-0.3, -0.25) is 4.79 Å². The van der Waals surface area contributed by atoms with Crippen LogP contribution in [0.4, 0.5) is 0 Å². The highest BCUT2D eigenvalue weighted by molar-refractivity contribution is 5.81. The SMILES string of the molecule is COCC(N)C(=O)N1CCC(OC)CC1. The minimum atomic E-state index is -0.533. The van der Waals surface area contributed by atoms with Crippen molar-refractivity contribution in [1.29, 1.82) is 0 Å². The van der Waals surface area contributed by atoms with E-state index in [2.05, 4.69) is 0 Å². The fraction of sp³-hybridized carbons (Fsp3) is 0.900. The third kappa shape index (κ3) is 3.44. The number of hydrogen-bond acceptors (Lipinski definition) is 4. The summed E-state index contributed by atoms with van der Waals surface area (Å²) in [6.07, 6.45) is 2.07. The second-order valence-electron chi connectivity index (χ2n) is 3.82. The maximum Gasteiger partial charge on any atom is 0.241 e. The number of ether oxygens (including phenoxy) is 2. The summed E-state index contributed by atoms with van der Waals surface area (Å²) < 4.78 is 10.1. The second-order valence-corrected chi connectivity index (χ2v) is 3.82. The fourth-order valence-corrected chi connectivity index (χ4v) is 1.80. The lowest BCUT2D eigenvalue weighted by atomic mass is 10.1. The third-order valence-electron chi connectivity index (χ3n) is 2.75. The smallest absolute Gasteiger partial charge is 0.241 e. The summed E-state index contributed by atoms with van der Waals surface area (Å²) in [6, 6.07) is -0.533. The van der Waals surface area contributed by atoms with Crippen LogP contribution in [0.1, 0.15) is 12.8 Å². The lowest BCUT2D eigenvalue weighted by Crippen LogP contribution is -2.49. The van der Waals surface area contributed by atoms with E-state index in [4.69, 9.17) is 15.2 Å². The Balaban J connectivity index is 2.35.